The topological polar surface area (TPSA) is 54.0 Å². The van der Waals surface area contributed by atoms with Crippen molar-refractivity contribution >= 4 is 5.97 Å². The van der Waals surface area contributed by atoms with Crippen molar-refractivity contribution in [1.29, 1.82) is 0 Å². The highest BCUT2D eigenvalue weighted by Gasteiger charge is 2.50. The molecule has 2 heterocycles. The molecule has 32 heavy (non-hydrogen) atoms. The van der Waals surface area contributed by atoms with Crippen molar-refractivity contribution in [3.05, 3.63) is 71.8 Å². The predicted octanol–water partition coefficient (Wildman–Crippen LogP) is 5.21. The number of rotatable bonds is 10. The van der Waals surface area contributed by atoms with Crippen LogP contribution >= 0.6 is 0 Å². The van der Waals surface area contributed by atoms with Crippen molar-refractivity contribution < 1.29 is 23.7 Å². The Labute approximate surface area is 191 Å². The molecule has 2 saturated heterocycles. The van der Waals surface area contributed by atoms with Crippen LogP contribution < -0.4 is 0 Å². The molecule has 2 aliphatic rings. The molecular weight excluding hydrogens is 404 g/mol. The number of ether oxygens (including phenoxy) is 4. The summed E-state index contributed by atoms with van der Waals surface area (Å²) in [5.74, 6) is -0.158. The maximum atomic E-state index is 11.9. The number of carbonyl (C=O) groups is 1. The number of esters is 1. The van der Waals surface area contributed by atoms with Gasteiger partial charge in [0.1, 0.15) is 11.7 Å². The first-order chi connectivity index (χ1) is 15.6. The highest BCUT2D eigenvalue weighted by Crippen LogP contribution is 2.39. The highest BCUT2D eigenvalue weighted by molar-refractivity contribution is 5.73. The van der Waals surface area contributed by atoms with Gasteiger partial charge in [-0.3, -0.25) is 4.79 Å². The average Bonchev–Trinajstić information content (AvgIpc) is 3.02. The summed E-state index contributed by atoms with van der Waals surface area (Å²) in [6.45, 7) is 3.92. The van der Waals surface area contributed by atoms with E-state index in [1.165, 1.54) is 5.56 Å². The quantitative estimate of drug-likeness (QED) is 0.376. The molecular formula is C27H34O5. The fourth-order valence-corrected chi connectivity index (χ4v) is 4.59. The minimum Gasteiger partial charge on any atom is -0.456 e. The summed E-state index contributed by atoms with van der Waals surface area (Å²) in [5, 5.41) is 0. The second kappa shape index (κ2) is 11.1. The fraction of sp³-hybridized carbons (Fsp3) is 0.519. The van der Waals surface area contributed by atoms with Crippen LogP contribution in [0.25, 0.3) is 0 Å². The van der Waals surface area contributed by atoms with E-state index in [9.17, 15) is 4.79 Å². The van der Waals surface area contributed by atoms with Gasteiger partial charge in [0, 0.05) is 6.61 Å². The third-order valence-electron chi connectivity index (χ3n) is 6.50. The van der Waals surface area contributed by atoms with Crippen LogP contribution in [0.15, 0.2) is 60.7 Å². The molecule has 0 radical (unpaired) electrons. The Kier molecular flexibility index (Phi) is 7.95. The first kappa shape index (κ1) is 23.0. The standard InChI is InChI=1S/C27H34O5/c1-27-16-15-23(30-20-22-12-6-3-7-13-22)24(31-25(27)18-26(28)32-27)14-8-9-17-29-19-21-10-4-2-5-11-21/h2-7,10-13,23-25H,8-9,14-20H2,1H3/t23-,24+,25-,27+/m1/s1. The highest BCUT2D eigenvalue weighted by atomic mass is 16.6. The lowest BCUT2D eigenvalue weighted by Crippen LogP contribution is -2.38. The zero-order valence-electron chi connectivity index (χ0n) is 18.9. The van der Waals surface area contributed by atoms with Gasteiger partial charge in [0.15, 0.2) is 0 Å². The van der Waals surface area contributed by atoms with E-state index in [2.05, 4.69) is 24.3 Å². The van der Waals surface area contributed by atoms with Crippen molar-refractivity contribution in [2.45, 2.75) is 82.6 Å². The molecule has 0 bridgehead atoms. The molecule has 0 aliphatic carbocycles. The summed E-state index contributed by atoms with van der Waals surface area (Å²) < 4.78 is 24.3. The third kappa shape index (κ3) is 6.18. The summed E-state index contributed by atoms with van der Waals surface area (Å²) in [5.41, 5.74) is 1.81. The molecule has 4 rings (SSSR count). The maximum Gasteiger partial charge on any atom is 0.309 e. The molecule has 0 aromatic heterocycles. The fourth-order valence-electron chi connectivity index (χ4n) is 4.59. The van der Waals surface area contributed by atoms with Gasteiger partial charge in [-0.05, 0) is 50.2 Å². The molecule has 0 N–H and O–H groups in total. The van der Waals surface area contributed by atoms with Gasteiger partial charge in [-0.25, -0.2) is 0 Å². The van der Waals surface area contributed by atoms with Gasteiger partial charge in [0.2, 0.25) is 0 Å². The molecule has 4 atom stereocenters. The van der Waals surface area contributed by atoms with Gasteiger partial charge < -0.3 is 18.9 Å². The van der Waals surface area contributed by atoms with E-state index in [1.54, 1.807) is 0 Å². The van der Waals surface area contributed by atoms with Crippen LogP contribution in [0.3, 0.4) is 0 Å². The summed E-state index contributed by atoms with van der Waals surface area (Å²) in [6.07, 6.45) is 4.50. The van der Waals surface area contributed by atoms with E-state index in [-0.39, 0.29) is 24.3 Å². The van der Waals surface area contributed by atoms with Crippen molar-refractivity contribution in [3.63, 3.8) is 0 Å². The first-order valence-electron chi connectivity index (χ1n) is 11.8. The van der Waals surface area contributed by atoms with Crippen molar-refractivity contribution in [2.75, 3.05) is 6.61 Å². The van der Waals surface area contributed by atoms with Gasteiger partial charge in [-0.2, -0.15) is 0 Å². The lowest BCUT2D eigenvalue weighted by atomic mass is 9.93. The number of hydrogen-bond acceptors (Lipinski definition) is 5. The van der Waals surface area contributed by atoms with Crippen LogP contribution in [-0.4, -0.2) is 36.5 Å². The van der Waals surface area contributed by atoms with E-state index >= 15 is 0 Å². The van der Waals surface area contributed by atoms with Gasteiger partial charge in [-0.1, -0.05) is 60.7 Å². The molecule has 0 unspecified atom stereocenters. The maximum absolute atomic E-state index is 11.9. The SMILES string of the molecule is C[C@]12CC[C@@H](OCc3ccccc3)[C@H](CCCCOCc3ccccc3)O[C@@H]1CC(=O)O2. The number of fused-ring (bicyclic) bond motifs is 1. The normalized spacial score (nSPS) is 27.5. The van der Waals surface area contributed by atoms with E-state index in [0.29, 0.717) is 19.6 Å². The van der Waals surface area contributed by atoms with Crippen LogP contribution in [0.4, 0.5) is 0 Å². The number of carbonyl (C=O) groups excluding carboxylic acids is 1. The first-order valence-corrected chi connectivity index (χ1v) is 11.8. The molecule has 5 heteroatoms. The van der Waals surface area contributed by atoms with Crippen LogP contribution in [0.2, 0.25) is 0 Å². The second-order valence-corrected chi connectivity index (χ2v) is 9.06. The van der Waals surface area contributed by atoms with Crippen LogP contribution in [0.5, 0.6) is 0 Å². The molecule has 2 aliphatic heterocycles. The Balaban J connectivity index is 1.29. The zero-order chi connectivity index (χ0) is 22.2. The summed E-state index contributed by atoms with van der Waals surface area (Å²) in [4.78, 5) is 11.9. The van der Waals surface area contributed by atoms with E-state index in [0.717, 1.165) is 44.3 Å². The molecule has 0 amide bonds. The molecule has 2 aromatic carbocycles. The van der Waals surface area contributed by atoms with Gasteiger partial charge in [0.05, 0.1) is 31.8 Å². The summed E-state index contributed by atoms with van der Waals surface area (Å²) in [7, 11) is 0. The minimum absolute atomic E-state index is 0.0124. The van der Waals surface area contributed by atoms with Gasteiger partial charge >= 0.3 is 5.97 Å². The molecule has 2 aromatic rings. The van der Waals surface area contributed by atoms with Crippen LogP contribution in [-0.2, 0) is 37.0 Å². The molecule has 2 fully saturated rings. The van der Waals surface area contributed by atoms with Crippen LogP contribution in [0, 0.1) is 0 Å². The molecule has 0 spiro atoms. The van der Waals surface area contributed by atoms with Crippen molar-refractivity contribution in [3.8, 4) is 0 Å². The van der Waals surface area contributed by atoms with E-state index < -0.39 is 5.60 Å². The molecule has 172 valence electrons. The number of hydrogen-bond donors (Lipinski definition) is 0. The lowest BCUT2D eigenvalue weighted by Gasteiger charge is -2.29. The Hall–Kier alpha value is -2.21. The Morgan fingerprint density at radius 2 is 1.66 bits per heavy atom. The molecule has 0 saturated carbocycles. The monoisotopic (exact) mass is 438 g/mol. The van der Waals surface area contributed by atoms with Gasteiger partial charge in [-0.15, -0.1) is 0 Å². The average molecular weight is 439 g/mol. The summed E-state index contributed by atoms with van der Waals surface area (Å²) in [6, 6.07) is 20.5. The van der Waals surface area contributed by atoms with E-state index in [4.69, 9.17) is 18.9 Å². The Morgan fingerprint density at radius 3 is 2.38 bits per heavy atom. The van der Waals surface area contributed by atoms with Gasteiger partial charge in [0.25, 0.3) is 0 Å². The Bertz CT molecular complexity index is 840. The van der Waals surface area contributed by atoms with E-state index in [1.807, 2.05) is 43.3 Å². The number of benzene rings is 2. The van der Waals surface area contributed by atoms with Crippen LogP contribution in [0.1, 0.15) is 56.6 Å². The largest absolute Gasteiger partial charge is 0.456 e. The minimum atomic E-state index is -0.543. The second-order valence-electron chi connectivity index (χ2n) is 9.06. The lowest BCUT2D eigenvalue weighted by molar-refractivity contribution is -0.151. The van der Waals surface area contributed by atoms with Crippen molar-refractivity contribution in [2.24, 2.45) is 0 Å². The van der Waals surface area contributed by atoms with Crippen molar-refractivity contribution in [1.82, 2.24) is 0 Å². The third-order valence-corrected chi connectivity index (χ3v) is 6.50. The molecule has 5 nitrogen and oxygen atoms in total. The smallest absolute Gasteiger partial charge is 0.309 e. The predicted molar refractivity (Wildman–Crippen MR) is 122 cm³/mol. The zero-order valence-corrected chi connectivity index (χ0v) is 18.9. The number of unbranched alkanes of at least 4 members (excludes halogenated alkanes) is 1. The summed E-state index contributed by atoms with van der Waals surface area (Å²) >= 11 is 0. The Morgan fingerprint density at radius 1 is 0.969 bits per heavy atom.